The molecule has 6 nitrogen and oxygen atoms in total. The van der Waals surface area contributed by atoms with E-state index in [9.17, 15) is 18.0 Å². The second-order valence-electron chi connectivity index (χ2n) is 6.49. The average Bonchev–Trinajstić information content (AvgIpc) is 3.31. The van der Waals surface area contributed by atoms with Gasteiger partial charge in [0.25, 0.3) is 5.91 Å². The fraction of sp³-hybridized carbons (Fsp3) is 0.150. The Hall–Kier alpha value is -3.62. The molecule has 0 saturated carbocycles. The van der Waals surface area contributed by atoms with Gasteiger partial charge in [-0.1, -0.05) is 24.3 Å². The number of rotatable bonds is 4. The molecule has 0 atom stereocenters. The monoisotopic (exact) mass is 400 g/mol. The smallest absolute Gasteiger partial charge is 0.416 e. The van der Waals surface area contributed by atoms with Crippen LogP contribution in [0.1, 0.15) is 27.2 Å². The maximum absolute atomic E-state index is 12.8. The van der Waals surface area contributed by atoms with Crippen molar-refractivity contribution >= 4 is 22.6 Å². The van der Waals surface area contributed by atoms with E-state index in [1.165, 1.54) is 18.3 Å². The molecule has 0 unspecified atom stereocenters. The minimum absolute atomic E-state index is 0.0454. The maximum atomic E-state index is 12.8. The van der Waals surface area contributed by atoms with E-state index in [2.05, 4.69) is 15.4 Å². The molecule has 4 aromatic rings. The first-order valence-electron chi connectivity index (χ1n) is 8.65. The first kappa shape index (κ1) is 18.7. The molecule has 0 radical (unpaired) electrons. The molecule has 148 valence electrons. The minimum Gasteiger partial charge on any atom is -0.438 e. The number of benzene rings is 2. The Kier molecular flexibility index (Phi) is 4.57. The van der Waals surface area contributed by atoms with Crippen molar-refractivity contribution in [1.29, 1.82) is 0 Å². The predicted octanol–water partition coefficient (Wildman–Crippen LogP) is 4.65. The highest BCUT2D eigenvalue weighted by Gasteiger charge is 2.30. The number of oxazole rings is 1. The zero-order valence-corrected chi connectivity index (χ0v) is 15.2. The Morgan fingerprint density at radius 1 is 1.17 bits per heavy atom. The van der Waals surface area contributed by atoms with Crippen molar-refractivity contribution in [3.63, 3.8) is 0 Å². The lowest BCUT2D eigenvalue weighted by Crippen LogP contribution is -2.12. The standard InChI is InChI=1S/C20H15F3N4O2/c1-12-3-2-4-15-17(12)18(25-19(28)16-9-24-11-29-16)26-27(15)10-13-5-7-14(8-6-13)20(21,22)23/h2-9,11H,10H2,1H3,(H,25,26,28). The van der Waals surface area contributed by atoms with E-state index in [1.807, 2.05) is 25.1 Å². The van der Waals surface area contributed by atoms with E-state index in [0.29, 0.717) is 11.4 Å². The normalized spacial score (nSPS) is 11.7. The Morgan fingerprint density at radius 3 is 2.59 bits per heavy atom. The van der Waals surface area contributed by atoms with Crippen molar-refractivity contribution in [1.82, 2.24) is 14.8 Å². The summed E-state index contributed by atoms with van der Waals surface area (Å²) in [5.41, 5.74) is 1.59. The largest absolute Gasteiger partial charge is 0.438 e. The van der Waals surface area contributed by atoms with Gasteiger partial charge in [-0.05, 0) is 36.2 Å². The molecule has 4 rings (SSSR count). The van der Waals surface area contributed by atoms with Gasteiger partial charge in [-0.15, -0.1) is 0 Å². The van der Waals surface area contributed by atoms with Crippen LogP contribution in [0.5, 0.6) is 0 Å². The average molecular weight is 400 g/mol. The van der Waals surface area contributed by atoms with Crippen LogP contribution in [0, 0.1) is 6.92 Å². The van der Waals surface area contributed by atoms with Gasteiger partial charge in [0.2, 0.25) is 5.76 Å². The van der Waals surface area contributed by atoms with Crippen molar-refractivity contribution in [3.05, 3.63) is 77.5 Å². The Bertz CT molecular complexity index is 1160. The molecule has 0 saturated heterocycles. The topological polar surface area (TPSA) is 73.0 Å². The van der Waals surface area contributed by atoms with Crippen molar-refractivity contribution in [3.8, 4) is 0 Å². The third-order valence-electron chi connectivity index (χ3n) is 4.49. The van der Waals surface area contributed by atoms with Crippen molar-refractivity contribution in [2.24, 2.45) is 0 Å². The summed E-state index contributed by atoms with van der Waals surface area (Å²) < 4.78 is 45.0. The van der Waals surface area contributed by atoms with Gasteiger partial charge < -0.3 is 9.73 Å². The minimum atomic E-state index is -4.38. The van der Waals surface area contributed by atoms with E-state index in [1.54, 1.807) is 4.68 Å². The lowest BCUT2D eigenvalue weighted by atomic mass is 10.1. The zero-order valence-electron chi connectivity index (χ0n) is 15.2. The Morgan fingerprint density at radius 2 is 1.93 bits per heavy atom. The van der Waals surface area contributed by atoms with Gasteiger partial charge in [-0.2, -0.15) is 18.3 Å². The number of carbonyl (C=O) groups is 1. The highest BCUT2D eigenvalue weighted by atomic mass is 19.4. The second kappa shape index (κ2) is 7.08. The molecule has 29 heavy (non-hydrogen) atoms. The lowest BCUT2D eigenvalue weighted by molar-refractivity contribution is -0.137. The molecule has 1 N–H and O–H groups in total. The third kappa shape index (κ3) is 3.71. The van der Waals surface area contributed by atoms with Gasteiger partial charge in [0.05, 0.1) is 23.8 Å². The van der Waals surface area contributed by atoms with Crippen LogP contribution < -0.4 is 5.32 Å². The fourth-order valence-corrected chi connectivity index (χ4v) is 3.08. The van der Waals surface area contributed by atoms with Crippen LogP contribution in [0.2, 0.25) is 0 Å². The summed E-state index contributed by atoms with van der Waals surface area (Å²) >= 11 is 0. The van der Waals surface area contributed by atoms with Crippen LogP contribution in [-0.4, -0.2) is 20.7 Å². The van der Waals surface area contributed by atoms with Crippen LogP contribution >= 0.6 is 0 Å². The van der Waals surface area contributed by atoms with Crippen molar-refractivity contribution < 1.29 is 22.4 Å². The number of aromatic nitrogens is 3. The molecule has 2 aromatic heterocycles. The van der Waals surface area contributed by atoms with Crippen LogP contribution in [0.25, 0.3) is 10.9 Å². The number of alkyl halides is 3. The summed E-state index contributed by atoms with van der Waals surface area (Å²) in [6.07, 6.45) is -1.93. The van der Waals surface area contributed by atoms with Crippen LogP contribution in [0.4, 0.5) is 19.0 Å². The molecule has 9 heteroatoms. The summed E-state index contributed by atoms with van der Waals surface area (Å²) in [6.45, 7) is 2.13. The summed E-state index contributed by atoms with van der Waals surface area (Å²) in [5.74, 6) is -0.109. The molecule has 0 spiro atoms. The van der Waals surface area contributed by atoms with E-state index < -0.39 is 17.6 Å². The van der Waals surface area contributed by atoms with Crippen molar-refractivity contribution in [2.45, 2.75) is 19.6 Å². The molecule has 1 amide bonds. The van der Waals surface area contributed by atoms with E-state index >= 15 is 0 Å². The highest BCUT2D eigenvalue weighted by molar-refractivity contribution is 6.07. The quantitative estimate of drug-likeness (QED) is 0.541. The van der Waals surface area contributed by atoms with Gasteiger partial charge in [0, 0.05) is 5.39 Å². The molecule has 2 heterocycles. The van der Waals surface area contributed by atoms with Gasteiger partial charge in [-0.3, -0.25) is 9.48 Å². The molecule has 0 fully saturated rings. The van der Waals surface area contributed by atoms with E-state index in [-0.39, 0.29) is 12.3 Å². The zero-order chi connectivity index (χ0) is 20.6. The highest BCUT2D eigenvalue weighted by Crippen LogP contribution is 2.30. The lowest BCUT2D eigenvalue weighted by Gasteiger charge is -2.08. The van der Waals surface area contributed by atoms with Crippen LogP contribution in [-0.2, 0) is 12.7 Å². The number of halogens is 3. The number of anilines is 1. The number of carbonyl (C=O) groups excluding carboxylic acids is 1. The summed E-state index contributed by atoms with van der Waals surface area (Å²) in [6, 6.07) is 10.5. The first-order valence-corrected chi connectivity index (χ1v) is 8.65. The van der Waals surface area contributed by atoms with Crippen LogP contribution in [0.15, 0.2) is 59.5 Å². The predicted molar refractivity (Wildman–Crippen MR) is 99.5 cm³/mol. The number of amides is 1. The van der Waals surface area contributed by atoms with E-state index in [4.69, 9.17) is 4.42 Å². The van der Waals surface area contributed by atoms with Crippen molar-refractivity contribution in [2.75, 3.05) is 5.32 Å². The number of fused-ring (bicyclic) bond motifs is 1. The Labute approximate surface area is 163 Å². The number of aryl methyl sites for hydroxylation is 1. The molecule has 0 aliphatic rings. The van der Waals surface area contributed by atoms with Gasteiger partial charge in [0.15, 0.2) is 12.2 Å². The van der Waals surface area contributed by atoms with Crippen LogP contribution in [0.3, 0.4) is 0 Å². The van der Waals surface area contributed by atoms with Gasteiger partial charge in [-0.25, -0.2) is 4.98 Å². The Balaban J connectivity index is 1.68. The number of nitrogens with zero attached hydrogens (tertiary/aromatic N) is 3. The molecule has 2 aromatic carbocycles. The molecule has 0 bridgehead atoms. The number of hydrogen-bond acceptors (Lipinski definition) is 4. The molecule has 0 aliphatic heterocycles. The first-order chi connectivity index (χ1) is 13.8. The molecule has 0 aliphatic carbocycles. The third-order valence-corrected chi connectivity index (χ3v) is 4.49. The summed E-state index contributed by atoms with van der Waals surface area (Å²) in [7, 11) is 0. The molecular formula is C20H15F3N4O2. The van der Waals surface area contributed by atoms with Gasteiger partial charge in [0.1, 0.15) is 0 Å². The second-order valence-corrected chi connectivity index (χ2v) is 6.49. The van der Waals surface area contributed by atoms with Gasteiger partial charge >= 0.3 is 6.18 Å². The summed E-state index contributed by atoms with van der Waals surface area (Å²) in [4.78, 5) is 16.0. The fourth-order valence-electron chi connectivity index (χ4n) is 3.08. The maximum Gasteiger partial charge on any atom is 0.416 e. The number of nitrogens with one attached hydrogen (secondary N) is 1. The molecular weight excluding hydrogens is 385 g/mol. The van der Waals surface area contributed by atoms with E-state index in [0.717, 1.165) is 35.0 Å². The number of hydrogen-bond donors (Lipinski definition) is 1. The SMILES string of the molecule is Cc1cccc2c1c(NC(=O)c1cnco1)nn2Cc1ccc(C(F)(F)F)cc1. The summed E-state index contributed by atoms with van der Waals surface area (Å²) in [5, 5.41) is 7.92.